The van der Waals surface area contributed by atoms with Crippen LogP contribution in [0.3, 0.4) is 0 Å². The largest absolute Gasteiger partial charge is 0.394 e. The molecule has 11 heteroatoms. The summed E-state index contributed by atoms with van der Waals surface area (Å²) in [6, 6.07) is 0. The molecule has 0 saturated heterocycles. The Morgan fingerprint density at radius 1 is 1.00 bits per heavy atom. The first-order chi connectivity index (χ1) is 6.51. The first-order valence-electron chi connectivity index (χ1n) is 2.71. The molecule has 1 atom stereocenters. The van der Waals surface area contributed by atoms with Crippen LogP contribution in [0.15, 0.2) is 16.0 Å². The van der Waals surface area contributed by atoms with Gasteiger partial charge in [-0.2, -0.15) is 0 Å². The van der Waals surface area contributed by atoms with E-state index >= 15 is 0 Å². The van der Waals surface area contributed by atoms with E-state index in [2.05, 4.69) is 0 Å². The van der Waals surface area contributed by atoms with E-state index in [0.717, 1.165) is 0 Å². The Morgan fingerprint density at radius 3 is 1.07 bits per heavy atom. The van der Waals surface area contributed by atoms with Crippen LogP contribution < -0.4 is 0 Å². The van der Waals surface area contributed by atoms with Crippen molar-refractivity contribution in [2.75, 3.05) is 6.61 Å². The molecule has 0 aliphatic heterocycles. The fourth-order valence-corrected chi connectivity index (χ4v) is 0. The third-order valence-corrected chi connectivity index (χ3v) is 0.264. The molecule has 86 valence electrons. The zero-order valence-electron chi connectivity index (χ0n) is 7.09. The Labute approximate surface area is 77.4 Å². The van der Waals surface area contributed by atoms with Crippen molar-refractivity contribution < 1.29 is 25.8 Å². The van der Waals surface area contributed by atoms with Crippen molar-refractivity contribution in [3.8, 4) is 0 Å². The van der Waals surface area contributed by atoms with E-state index in [4.69, 9.17) is 40.6 Å². The fraction of sp³-hybridized carbons (Fsp3) is 1.00. The molecule has 0 aliphatic carbocycles. The third-order valence-electron chi connectivity index (χ3n) is 0.264. The van der Waals surface area contributed by atoms with Crippen molar-refractivity contribution in [1.82, 2.24) is 0 Å². The Hall–Kier alpha value is -1.88. The molecule has 0 aromatic rings. The smallest absolute Gasteiger partial charge is 0.152 e. The maximum Gasteiger partial charge on any atom is 0.152 e. The monoisotopic (exact) mass is 217 g/mol. The SMILES string of the molecule is CC(O)CO.O=NO.O=NO.O=NO. The summed E-state index contributed by atoms with van der Waals surface area (Å²) in [5.74, 6) is 0. The highest BCUT2D eigenvalue weighted by Gasteiger charge is 1.83. The van der Waals surface area contributed by atoms with Gasteiger partial charge in [0.25, 0.3) is 0 Å². The number of hydrogen-bond donors (Lipinski definition) is 5. The van der Waals surface area contributed by atoms with E-state index < -0.39 is 6.10 Å². The maximum atomic E-state index is 8.11. The molecular weight excluding hydrogens is 206 g/mol. The Kier molecular flexibility index (Phi) is 70.5. The van der Waals surface area contributed by atoms with Crippen LogP contribution >= 0.6 is 0 Å². The highest BCUT2D eigenvalue weighted by Crippen LogP contribution is 1.68. The van der Waals surface area contributed by atoms with Crippen molar-refractivity contribution >= 4 is 0 Å². The molecule has 0 aromatic heterocycles. The minimum atomic E-state index is -0.560. The molecule has 11 nitrogen and oxygen atoms in total. The first kappa shape index (κ1) is 22.7. The molecule has 0 heterocycles. The predicted octanol–water partition coefficient (Wildman–Crippen LogP) is -0.215. The Bertz CT molecular complexity index is 93.7. The second kappa shape index (κ2) is 43.4. The lowest BCUT2D eigenvalue weighted by Crippen LogP contribution is -2.03. The molecular formula is C3H11N3O8. The minimum Gasteiger partial charge on any atom is -0.394 e. The lowest BCUT2D eigenvalue weighted by atomic mass is 10.5. The number of aliphatic hydroxyl groups excluding tert-OH is 2. The molecule has 0 bridgehead atoms. The molecule has 0 amide bonds. The van der Waals surface area contributed by atoms with Crippen LogP contribution in [-0.4, -0.2) is 38.5 Å². The number of aliphatic hydroxyl groups is 2. The third kappa shape index (κ3) is 58500. The summed E-state index contributed by atoms with van der Waals surface area (Å²) in [6.45, 7) is 1.39. The normalized spacial score (nSPS) is 7.93. The highest BCUT2D eigenvalue weighted by molar-refractivity contribution is 4.34. The van der Waals surface area contributed by atoms with Crippen LogP contribution in [0.1, 0.15) is 6.92 Å². The van der Waals surface area contributed by atoms with Crippen molar-refractivity contribution in [3.05, 3.63) is 14.7 Å². The van der Waals surface area contributed by atoms with E-state index in [9.17, 15) is 0 Å². The van der Waals surface area contributed by atoms with Gasteiger partial charge in [-0.15, -0.1) is 14.7 Å². The maximum absolute atomic E-state index is 8.11. The summed E-state index contributed by atoms with van der Waals surface area (Å²) >= 11 is 0. The van der Waals surface area contributed by atoms with Crippen LogP contribution in [0, 0.1) is 14.7 Å². The van der Waals surface area contributed by atoms with Gasteiger partial charge in [0.05, 0.1) is 12.7 Å². The van der Waals surface area contributed by atoms with Gasteiger partial charge < -0.3 is 25.8 Å². The summed E-state index contributed by atoms with van der Waals surface area (Å²) in [5.41, 5.74) is 0. The lowest BCUT2D eigenvalue weighted by molar-refractivity contribution is 0.110. The number of nitrogens with zero attached hydrogens (tertiary/aromatic N) is 3. The van der Waals surface area contributed by atoms with Gasteiger partial charge in [-0.05, 0) is 6.92 Å². The topological polar surface area (TPSA) is 189 Å². The quantitative estimate of drug-likeness (QED) is 0.294. The Balaban J connectivity index is -0.0000000495. The average molecular weight is 217 g/mol. The van der Waals surface area contributed by atoms with Gasteiger partial charge in [0.2, 0.25) is 0 Å². The van der Waals surface area contributed by atoms with Crippen molar-refractivity contribution in [1.29, 1.82) is 0 Å². The van der Waals surface area contributed by atoms with E-state index in [0.29, 0.717) is 0 Å². The van der Waals surface area contributed by atoms with Gasteiger partial charge in [-0.3, -0.25) is 0 Å². The van der Waals surface area contributed by atoms with Crippen LogP contribution in [-0.2, 0) is 0 Å². The molecule has 0 rings (SSSR count). The predicted molar refractivity (Wildman–Crippen MR) is 41.5 cm³/mol. The van der Waals surface area contributed by atoms with Gasteiger partial charge >= 0.3 is 0 Å². The van der Waals surface area contributed by atoms with Gasteiger partial charge in [-0.25, -0.2) is 0 Å². The summed E-state index contributed by atoms with van der Waals surface area (Å²) < 4.78 is 0. The summed E-state index contributed by atoms with van der Waals surface area (Å²) in [4.78, 5) is 24.3. The van der Waals surface area contributed by atoms with Gasteiger partial charge in [0.15, 0.2) is 16.0 Å². The van der Waals surface area contributed by atoms with E-state index in [1.807, 2.05) is 0 Å². The fourth-order valence-electron chi connectivity index (χ4n) is 0. The van der Waals surface area contributed by atoms with E-state index in [1.54, 1.807) is 0 Å². The van der Waals surface area contributed by atoms with Crippen molar-refractivity contribution in [3.63, 3.8) is 0 Å². The van der Waals surface area contributed by atoms with Gasteiger partial charge in [0.1, 0.15) is 0 Å². The summed E-state index contributed by atoms with van der Waals surface area (Å²) in [6.07, 6.45) is -0.560. The number of hydrogen-bond acceptors (Lipinski definition) is 8. The number of rotatable bonds is 1. The molecule has 0 aromatic carbocycles. The summed E-state index contributed by atoms with van der Waals surface area (Å²) in [7, 11) is 0. The molecule has 0 aliphatic rings. The first-order valence-corrected chi connectivity index (χ1v) is 2.71. The average Bonchev–Trinajstić information content (AvgIpc) is 2.08. The van der Waals surface area contributed by atoms with Crippen molar-refractivity contribution in [2.45, 2.75) is 13.0 Å². The zero-order valence-corrected chi connectivity index (χ0v) is 7.09. The minimum absolute atomic E-state index is 0.139. The van der Waals surface area contributed by atoms with Gasteiger partial charge in [0, 0.05) is 0 Å². The van der Waals surface area contributed by atoms with E-state index in [-0.39, 0.29) is 6.61 Å². The Morgan fingerprint density at radius 2 is 1.07 bits per heavy atom. The van der Waals surface area contributed by atoms with Crippen LogP contribution in [0.4, 0.5) is 0 Å². The molecule has 0 spiro atoms. The lowest BCUT2D eigenvalue weighted by Gasteiger charge is -1.90. The second-order valence-electron chi connectivity index (χ2n) is 1.28. The van der Waals surface area contributed by atoms with Crippen LogP contribution in [0.5, 0.6) is 0 Å². The zero-order chi connectivity index (χ0) is 12.4. The van der Waals surface area contributed by atoms with Gasteiger partial charge in [-0.1, -0.05) is 0 Å². The standard InChI is InChI=1S/C3H8O2.3HNO2/c1-3(5)2-4;3*2-1-3/h3-5H,2H2,1H3;3*(H,2,3). The summed E-state index contributed by atoms with van der Waals surface area (Å²) in [5, 5.41) is 39.7. The molecule has 0 fully saturated rings. The molecule has 0 radical (unpaired) electrons. The van der Waals surface area contributed by atoms with Crippen LogP contribution in [0.2, 0.25) is 0 Å². The molecule has 1 unspecified atom stereocenters. The molecule has 14 heavy (non-hydrogen) atoms. The van der Waals surface area contributed by atoms with Crippen molar-refractivity contribution in [2.24, 2.45) is 16.0 Å². The van der Waals surface area contributed by atoms with Crippen LogP contribution in [0.25, 0.3) is 0 Å². The molecule has 0 saturated carbocycles. The van der Waals surface area contributed by atoms with E-state index in [1.165, 1.54) is 22.9 Å². The molecule has 5 N–H and O–H groups in total. The highest BCUT2D eigenvalue weighted by atomic mass is 16.6. The second-order valence-corrected chi connectivity index (χ2v) is 1.28.